The molecule has 3 aromatic rings. The smallest absolute Gasteiger partial charge is 0.229 e. The number of carbonyl (C=O) groups excluding carboxylic acids is 1. The van der Waals surface area contributed by atoms with Crippen LogP contribution in [0.2, 0.25) is 0 Å². The molecular formula is C25H28N2O2S. The molecule has 0 N–H and O–H groups in total. The molecule has 4 rings (SSSR count). The van der Waals surface area contributed by atoms with E-state index in [-0.39, 0.29) is 11.9 Å². The molecule has 0 aliphatic heterocycles. The Morgan fingerprint density at radius 3 is 2.57 bits per heavy atom. The summed E-state index contributed by atoms with van der Waals surface area (Å²) in [4.78, 5) is 20.0. The monoisotopic (exact) mass is 420 g/mol. The van der Waals surface area contributed by atoms with Crippen LogP contribution in [0.25, 0.3) is 10.6 Å². The largest absolute Gasteiger partial charge is 0.494 e. The van der Waals surface area contributed by atoms with Gasteiger partial charge < -0.3 is 9.64 Å². The first-order valence-corrected chi connectivity index (χ1v) is 11.5. The molecule has 0 saturated heterocycles. The lowest BCUT2D eigenvalue weighted by Gasteiger charge is -2.29. The molecule has 1 heterocycles. The molecular weight excluding hydrogens is 392 g/mol. The summed E-state index contributed by atoms with van der Waals surface area (Å²) >= 11 is 1.58. The average Bonchev–Trinajstić information content (AvgIpc) is 3.52. The van der Waals surface area contributed by atoms with Crippen molar-refractivity contribution >= 4 is 17.2 Å². The number of rotatable bonds is 9. The Labute approximate surface area is 182 Å². The van der Waals surface area contributed by atoms with Crippen molar-refractivity contribution in [2.75, 3.05) is 6.61 Å². The molecule has 2 aromatic carbocycles. The van der Waals surface area contributed by atoms with Crippen molar-refractivity contribution in [3.63, 3.8) is 0 Å². The summed E-state index contributed by atoms with van der Waals surface area (Å²) in [6.07, 6.45) is 2.79. The number of benzene rings is 2. The third-order valence-corrected chi connectivity index (χ3v) is 6.55. The van der Waals surface area contributed by atoms with Crippen molar-refractivity contribution in [1.82, 2.24) is 9.88 Å². The summed E-state index contributed by atoms with van der Waals surface area (Å²) in [6.45, 7) is 5.48. The number of ether oxygens (including phenoxy) is 1. The van der Waals surface area contributed by atoms with Crippen LogP contribution in [-0.4, -0.2) is 28.4 Å². The molecule has 0 radical (unpaired) electrons. The second-order valence-corrected chi connectivity index (χ2v) is 8.72. The molecule has 0 spiro atoms. The standard InChI is InChI=1S/C25H28N2O2S/c1-3-29-23-13-11-21(12-14-23)25-26-22(17-30-25)15-24(28)27(18(2)20-9-10-20)16-19-7-5-4-6-8-19/h4-8,11-14,17-18,20H,3,9-10,15-16H2,1-2H3. The normalized spacial score (nSPS) is 14.3. The maximum atomic E-state index is 13.2. The van der Waals surface area contributed by atoms with Crippen LogP contribution in [0.5, 0.6) is 5.75 Å². The fourth-order valence-electron chi connectivity index (χ4n) is 3.71. The van der Waals surface area contributed by atoms with Gasteiger partial charge in [0.15, 0.2) is 0 Å². The summed E-state index contributed by atoms with van der Waals surface area (Å²) in [7, 11) is 0. The van der Waals surface area contributed by atoms with Crippen molar-refractivity contribution in [2.24, 2.45) is 5.92 Å². The van der Waals surface area contributed by atoms with Crippen molar-refractivity contribution < 1.29 is 9.53 Å². The van der Waals surface area contributed by atoms with Gasteiger partial charge in [0.05, 0.1) is 18.7 Å². The number of nitrogens with zero attached hydrogens (tertiary/aromatic N) is 2. The summed E-state index contributed by atoms with van der Waals surface area (Å²) in [6, 6.07) is 18.5. The molecule has 0 bridgehead atoms. The molecule has 1 unspecified atom stereocenters. The molecule has 1 aliphatic rings. The van der Waals surface area contributed by atoms with E-state index in [1.807, 2.05) is 59.7 Å². The molecule has 1 atom stereocenters. The van der Waals surface area contributed by atoms with Crippen LogP contribution in [0.1, 0.15) is 37.9 Å². The molecule has 1 fully saturated rings. The minimum atomic E-state index is 0.154. The predicted octanol–water partition coefficient (Wildman–Crippen LogP) is 5.58. The highest BCUT2D eigenvalue weighted by atomic mass is 32.1. The zero-order valence-corrected chi connectivity index (χ0v) is 18.4. The second-order valence-electron chi connectivity index (χ2n) is 7.86. The highest BCUT2D eigenvalue weighted by Crippen LogP contribution is 2.36. The quantitative estimate of drug-likeness (QED) is 0.454. The molecule has 1 amide bonds. The number of thiazole rings is 1. The van der Waals surface area contributed by atoms with Gasteiger partial charge in [0.2, 0.25) is 5.91 Å². The fraction of sp³-hybridized carbons (Fsp3) is 0.360. The lowest BCUT2D eigenvalue weighted by atomic mass is 10.1. The Hall–Kier alpha value is -2.66. The summed E-state index contributed by atoms with van der Waals surface area (Å²) in [5.41, 5.74) is 3.07. The maximum Gasteiger partial charge on any atom is 0.229 e. The van der Waals surface area contributed by atoms with E-state index in [4.69, 9.17) is 9.72 Å². The van der Waals surface area contributed by atoms with Crippen molar-refractivity contribution in [3.05, 3.63) is 71.2 Å². The Kier molecular flexibility index (Phi) is 6.48. The first-order valence-electron chi connectivity index (χ1n) is 10.6. The van der Waals surface area contributed by atoms with E-state index in [0.29, 0.717) is 25.5 Å². The van der Waals surface area contributed by atoms with Crippen LogP contribution < -0.4 is 4.74 Å². The van der Waals surface area contributed by atoms with Crippen LogP contribution in [0.3, 0.4) is 0 Å². The average molecular weight is 421 g/mol. The number of hydrogen-bond acceptors (Lipinski definition) is 4. The molecule has 1 saturated carbocycles. The van der Waals surface area contributed by atoms with E-state index in [1.165, 1.54) is 18.4 Å². The topological polar surface area (TPSA) is 42.4 Å². The Balaban J connectivity index is 1.45. The summed E-state index contributed by atoms with van der Waals surface area (Å²) in [5.74, 6) is 1.65. The highest BCUT2D eigenvalue weighted by Gasteiger charge is 2.34. The van der Waals surface area contributed by atoms with Gasteiger partial charge in [-0.25, -0.2) is 4.98 Å². The maximum absolute atomic E-state index is 13.2. The third kappa shape index (κ3) is 5.08. The molecule has 1 aromatic heterocycles. The number of aromatic nitrogens is 1. The number of hydrogen-bond donors (Lipinski definition) is 0. The van der Waals surface area contributed by atoms with Crippen LogP contribution in [-0.2, 0) is 17.8 Å². The lowest BCUT2D eigenvalue weighted by Crippen LogP contribution is -2.40. The molecule has 4 nitrogen and oxygen atoms in total. The SMILES string of the molecule is CCOc1ccc(-c2nc(CC(=O)N(Cc3ccccc3)C(C)C3CC3)cs2)cc1. The van der Waals surface area contributed by atoms with Crippen molar-refractivity contribution in [3.8, 4) is 16.3 Å². The van der Waals surface area contributed by atoms with E-state index in [0.717, 1.165) is 22.0 Å². The van der Waals surface area contributed by atoms with Gasteiger partial charge in [-0.15, -0.1) is 11.3 Å². The summed E-state index contributed by atoms with van der Waals surface area (Å²) < 4.78 is 5.51. The fourth-order valence-corrected chi connectivity index (χ4v) is 4.54. The molecule has 30 heavy (non-hydrogen) atoms. The van der Waals surface area contributed by atoms with Gasteiger partial charge in [0.25, 0.3) is 0 Å². The minimum absolute atomic E-state index is 0.154. The Morgan fingerprint density at radius 2 is 1.90 bits per heavy atom. The zero-order chi connectivity index (χ0) is 20.9. The van der Waals surface area contributed by atoms with Crippen LogP contribution in [0.15, 0.2) is 60.0 Å². The molecule has 156 valence electrons. The zero-order valence-electron chi connectivity index (χ0n) is 17.6. The van der Waals surface area contributed by atoms with E-state index >= 15 is 0 Å². The lowest BCUT2D eigenvalue weighted by molar-refractivity contribution is -0.133. The van der Waals surface area contributed by atoms with E-state index in [9.17, 15) is 4.79 Å². The molecule has 1 aliphatic carbocycles. The van der Waals surface area contributed by atoms with Gasteiger partial charge in [-0.1, -0.05) is 30.3 Å². The summed E-state index contributed by atoms with van der Waals surface area (Å²) in [5, 5.41) is 2.94. The number of carbonyl (C=O) groups is 1. The third-order valence-electron chi connectivity index (χ3n) is 5.61. The van der Waals surface area contributed by atoms with Gasteiger partial charge >= 0.3 is 0 Å². The second kappa shape index (κ2) is 9.43. The Bertz CT molecular complexity index is 964. The van der Waals surface area contributed by atoms with E-state index < -0.39 is 0 Å². The van der Waals surface area contributed by atoms with Crippen molar-refractivity contribution in [1.29, 1.82) is 0 Å². The molecule has 5 heteroatoms. The van der Waals surface area contributed by atoms with E-state index in [1.54, 1.807) is 11.3 Å². The van der Waals surface area contributed by atoms with Gasteiger partial charge in [0.1, 0.15) is 10.8 Å². The first-order chi connectivity index (χ1) is 14.6. The highest BCUT2D eigenvalue weighted by molar-refractivity contribution is 7.13. The van der Waals surface area contributed by atoms with Gasteiger partial charge in [-0.3, -0.25) is 4.79 Å². The van der Waals surface area contributed by atoms with Crippen LogP contribution >= 0.6 is 11.3 Å². The van der Waals surface area contributed by atoms with Gasteiger partial charge in [-0.2, -0.15) is 0 Å². The predicted molar refractivity (Wildman–Crippen MR) is 122 cm³/mol. The van der Waals surface area contributed by atoms with Crippen LogP contribution in [0, 0.1) is 5.92 Å². The Morgan fingerprint density at radius 1 is 1.17 bits per heavy atom. The van der Waals surface area contributed by atoms with Crippen molar-refractivity contribution in [2.45, 2.75) is 45.7 Å². The number of amides is 1. The van der Waals surface area contributed by atoms with Gasteiger partial charge in [-0.05, 0) is 62.4 Å². The van der Waals surface area contributed by atoms with Gasteiger partial charge in [0, 0.05) is 23.5 Å². The minimum Gasteiger partial charge on any atom is -0.494 e. The first kappa shape index (κ1) is 20.6. The van der Waals surface area contributed by atoms with E-state index in [2.05, 4.69) is 19.1 Å². The van der Waals surface area contributed by atoms with Crippen LogP contribution in [0.4, 0.5) is 0 Å².